The van der Waals surface area contributed by atoms with Gasteiger partial charge >= 0.3 is 0 Å². The van der Waals surface area contributed by atoms with Gasteiger partial charge in [-0.2, -0.15) is 0 Å². The number of nitrogens with one attached hydrogen (secondary N) is 1. The summed E-state index contributed by atoms with van der Waals surface area (Å²) in [6.07, 6.45) is 1.24. The molecule has 0 saturated carbocycles. The van der Waals surface area contributed by atoms with E-state index in [1.807, 2.05) is 0 Å². The van der Waals surface area contributed by atoms with Crippen LogP contribution in [0.1, 0.15) is 25.8 Å². The molecule has 1 aliphatic heterocycles. The summed E-state index contributed by atoms with van der Waals surface area (Å²) >= 11 is 3.58. The van der Waals surface area contributed by atoms with E-state index in [4.69, 9.17) is 0 Å². The first-order valence-electron chi connectivity index (χ1n) is 6.33. The fraction of sp³-hybridized carbons (Fsp3) is 0.571. The average Bonchev–Trinajstić information content (AvgIpc) is 2.72. The van der Waals surface area contributed by atoms with Crippen molar-refractivity contribution in [2.45, 2.75) is 39.3 Å². The predicted octanol–water partition coefficient (Wildman–Crippen LogP) is 3.65. The second kappa shape index (κ2) is 5.40. The van der Waals surface area contributed by atoms with Crippen LogP contribution in [0.25, 0.3) is 0 Å². The molecule has 94 valence electrons. The van der Waals surface area contributed by atoms with Gasteiger partial charge in [0.25, 0.3) is 0 Å². The normalized spacial score (nSPS) is 21.1. The van der Waals surface area contributed by atoms with E-state index in [9.17, 15) is 0 Å². The Balaban J connectivity index is 1.96. The highest BCUT2D eigenvalue weighted by atomic mass is 79.9. The topological polar surface area (TPSA) is 15.3 Å². The van der Waals surface area contributed by atoms with Crippen molar-refractivity contribution in [1.82, 2.24) is 4.90 Å². The second-order valence-corrected chi connectivity index (χ2v) is 6.04. The zero-order chi connectivity index (χ0) is 12.4. The molecular formula is C14H21BrN2. The Hall–Kier alpha value is -0.540. The van der Waals surface area contributed by atoms with Crippen LogP contribution in [0.2, 0.25) is 0 Å². The van der Waals surface area contributed by atoms with Crippen LogP contribution in [0, 0.1) is 6.92 Å². The van der Waals surface area contributed by atoms with Crippen molar-refractivity contribution in [3.8, 4) is 0 Å². The maximum absolute atomic E-state index is 3.62. The standard InChI is InChI=1S/C14H21BrN2/c1-10(2)17-7-6-13(9-17)16-12-5-4-11(3)14(15)8-12/h4-5,8,10,13,16H,6-7,9H2,1-3H3. The molecule has 1 heterocycles. The van der Waals surface area contributed by atoms with Crippen molar-refractivity contribution >= 4 is 21.6 Å². The van der Waals surface area contributed by atoms with Crippen molar-refractivity contribution in [3.63, 3.8) is 0 Å². The van der Waals surface area contributed by atoms with Gasteiger partial charge in [-0.1, -0.05) is 22.0 Å². The lowest BCUT2D eigenvalue weighted by molar-refractivity contribution is 0.274. The van der Waals surface area contributed by atoms with Crippen molar-refractivity contribution < 1.29 is 0 Å². The number of anilines is 1. The number of benzene rings is 1. The molecule has 1 saturated heterocycles. The van der Waals surface area contributed by atoms with E-state index >= 15 is 0 Å². The number of nitrogens with zero attached hydrogens (tertiary/aromatic N) is 1. The highest BCUT2D eigenvalue weighted by Crippen LogP contribution is 2.23. The largest absolute Gasteiger partial charge is 0.381 e. The number of hydrogen-bond acceptors (Lipinski definition) is 2. The van der Waals surface area contributed by atoms with E-state index in [2.05, 4.69) is 65.1 Å². The van der Waals surface area contributed by atoms with Gasteiger partial charge in [0.15, 0.2) is 0 Å². The minimum atomic E-state index is 0.590. The minimum absolute atomic E-state index is 0.590. The smallest absolute Gasteiger partial charge is 0.0400 e. The molecule has 1 aromatic rings. The highest BCUT2D eigenvalue weighted by Gasteiger charge is 2.23. The van der Waals surface area contributed by atoms with Gasteiger partial charge in [0.2, 0.25) is 0 Å². The molecule has 1 N–H and O–H groups in total. The molecule has 1 aliphatic rings. The Labute approximate surface area is 113 Å². The SMILES string of the molecule is Cc1ccc(NC2CCN(C(C)C)C2)cc1Br. The number of aryl methyl sites for hydroxylation is 1. The Kier molecular flexibility index (Phi) is 4.10. The van der Waals surface area contributed by atoms with Crippen LogP contribution in [-0.4, -0.2) is 30.1 Å². The van der Waals surface area contributed by atoms with E-state index in [0.29, 0.717) is 12.1 Å². The van der Waals surface area contributed by atoms with E-state index < -0.39 is 0 Å². The van der Waals surface area contributed by atoms with E-state index in [1.165, 1.54) is 28.7 Å². The number of hydrogen-bond donors (Lipinski definition) is 1. The van der Waals surface area contributed by atoms with Crippen LogP contribution in [0.4, 0.5) is 5.69 Å². The maximum Gasteiger partial charge on any atom is 0.0400 e. The molecule has 0 bridgehead atoms. The van der Waals surface area contributed by atoms with E-state index in [-0.39, 0.29) is 0 Å². The quantitative estimate of drug-likeness (QED) is 0.916. The van der Waals surface area contributed by atoms with Gasteiger partial charge in [-0.3, -0.25) is 4.90 Å². The van der Waals surface area contributed by atoms with E-state index in [1.54, 1.807) is 0 Å². The molecule has 0 radical (unpaired) electrons. The summed E-state index contributed by atoms with van der Waals surface area (Å²) in [5.41, 5.74) is 2.50. The summed E-state index contributed by atoms with van der Waals surface area (Å²) in [6.45, 7) is 9.02. The molecule has 0 amide bonds. The van der Waals surface area contributed by atoms with Crippen molar-refractivity contribution in [1.29, 1.82) is 0 Å². The Morgan fingerprint density at radius 1 is 1.41 bits per heavy atom. The molecule has 1 fully saturated rings. The lowest BCUT2D eigenvalue weighted by atomic mass is 10.2. The molecule has 1 aromatic carbocycles. The Morgan fingerprint density at radius 3 is 2.76 bits per heavy atom. The van der Waals surface area contributed by atoms with Crippen LogP contribution >= 0.6 is 15.9 Å². The summed E-state index contributed by atoms with van der Waals surface area (Å²) in [6, 6.07) is 7.74. The molecule has 0 aliphatic carbocycles. The zero-order valence-electron chi connectivity index (χ0n) is 10.8. The van der Waals surface area contributed by atoms with Gasteiger partial charge < -0.3 is 5.32 Å². The maximum atomic E-state index is 3.62. The van der Waals surface area contributed by atoms with Gasteiger partial charge in [-0.25, -0.2) is 0 Å². The number of rotatable bonds is 3. The molecule has 0 aromatic heterocycles. The summed E-state index contributed by atoms with van der Waals surface area (Å²) in [4.78, 5) is 2.53. The lowest BCUT2D eigenvalue weighted by Crippen LogP contribution is -2.31. The van der Waals surface area contributed by atoms with Gasteiger partial charge in [0.05, 0.1) is 0 Å². The van der Waals surface area contributed by atoms with Gasteiger partial charge in [0.1, 0.15) is 0 Å². The fourth-order valence-corrected chi connectivity index (χ4v) is 2.67. The molecular weight excluding hydrogens is 276 g/mol. The van der Waals surface area contributed by atoms with Crippen molar-refractivity contribution in [2.24, 2.45) is 0 Å². The van der Waals surface area contributed by atoms with Crippen LogP contribution in [-0.2, 0) is 0 Å². The van der Waals surface area contributed by atoms with Gasteiger partial charge in [-0.15, -0.1) is 0 Å². The minimum Gasteiger partial charge on any atom is -0.381 e. The Morgan fingerprint density at radius 2 is 2.18 bits per heavy atom. The first-order chi connectivity index (χ1) is 8.06. The highest BCUT2D eigenvalue weighted by molar-refractivity contribution is 9.10. The first-order valence-corrected chi connectivity index (χ1v) is 7.12. The molecule has 17 heavy (non-hydrogen) atoms. The Bertz CT molecular complexity index is 390. The summed E-state index contributed by atoms with van der Waals surface area (Å²) in [5, 5.41) is 3.62. The van der Waals surface area contributed by atoms with Crippen LogP contribution in [0.15, 0.2) is 22.7 Å². The van der Waals surface area contributed by atoms with Gasteiger partial charge in [0, 0.05) is 35.3 Å². The first kappa shape index (κ1) is 12.9. The monoisotopic (exact) mass is 296 g/mol. The van der Waals surface area contributed by atoms with E-state index in [0.717, 1.165) is 6.54 Å². The third-order valence-corrected chi connectivity index (χ3v) is 4.35. The average molecular weight is 297 g/mol. The van der Waals surface area contributed by atoms with Crippen LogP contribution in [0.3, 0.4) is 0 Å². The van der Waals surface area contributed by atoms with Gasteiger partial charge in [-0.05, 0) is 44.9 Å². The van der Waals surface area contributed by atoms with Crippen molar-refractivity contribution in [3.05, 3.63) is 28.2 Å². The van der Waals surface area contributed by atoms with Crippen LogP contribution < -0.4 is 5.32 Å². The van der Waals surface area contributed by atoms with Crippen molar-refractivity contribution in [2.75, 3.05) is 18.4 Å². The second-order valence-electron chi connectivity index (χ2n) is 5.18. The third kappa shape index (κ3) is 3.23. The van der Waals surface area contributed by atoms with Crippen LogP contribution in [0.5, 0.6) is 0 Å². The fourth-order valence-electron chi connectivity index (χ4n) is 2.29. The molecule has 3 heteroatoms. The lowest BCUT2D eigenvalue weighted by Gasteiger charge is -2.21. The number of likely N-dealkylation sites (tertiary alicyclic amines) is 1. The molecule has 2 nitrogen and oxygen atoms in total. The number of halogens is 1. The molecule has 0 spiro atoms. The molecule has 1 unspecified atom stereocenters. The molecule has 1 atom stereocenters. The summed E-state index contributed by atoms with van der Waals surface area (Å²) in [5.74, 6) is 0. The third-order valence-electron chi connectivity index (χ3n) is 3.49. The summed E-state index contributed by atoms with van der Waals surface area (Å²) < 4.78 is 1.18. The summed E-state index contributed by atoms with van der Waals surface area (Å²) in [7, 11) is 0. The zero-order valence-corrected chi connectivity index (χ0v) is 12.4. The molecule has 2 rings (SSSR count). The predicted molar refractivity (Wildman–Crippen MR) is 77.6 cm³/mol.